The number of thiocarbonyl (C=S) groups is 1. The van der Waals surface area contributed by atoms with E-state index >= 15 is 0 Å². The third kappa shape index (κ3) is 8.08. The summed E-state index contributed by atoms with van der Waals surface area (Å²) >= 11 is 5.51. The number of ether oxygens (including phenoxy) is 4. The van der Waals surface area contributed by atoms with Gasteiger partial charge < -0.3 is 29.4 Å². The first kappa shape index (κ1) is 41.6. The van der Waals surface area contributed by atoms with Crippen LogP contribution in [0.3, 0.4) is 0 Å². The molecule has 4 unspecified atom stereocenters. The molecule has 10 nitrogen and oxygen atoms in total. The molecule has 2 fully saturated rings. The van der Waals surface area contributed by atoms with Gasteiger partial charge in [0.2, 0.25) is 0 Å². The molecule has 2 N–H and O–H groups in total. The van der Waals surface area contributed by atoms with Gasteiger partial charge >= 0.3 is 5.24 Å². The van der Waals surface area contributed by atoms with E-state index in [1.165, 1.54) is 0 Å². The lowest BCUT2D eigenvalue weighted by Crippen LogP contribution is -2.39. The zero-order valence-electron chi connectivity index (χ0n) is 34.8. The molecular weight excluding hydrogens is 807 g/mol. The fraction of sp³-hybridized carbons (Fsp3) is 0.192. The first-order valence-corrected chi connectivity index (χ1v) is 21.4. The molecule has 0 amide bonds. The molecule has 316 valence electrons. The average molecular weight is 854 g/mol. The molecule has 63 heavy (non-hydrogen) atoms. The van der Waals surface area contributed by atoms with E-state index in [2.05, 4.69) is 78.1 Å². The lowest BCUT2D eigenvalue weighted by molar-refractivity contribution is -0.0989. The maximum Gasteiger partial charge on any atom is 0.353 e. The number of fused-ring (bicyclic) bond motifs is 2. The molecule has 2 saturated heterocycles. The van der Waals surface area contributed by atoms with Crippen LogP contribution < -0.4 is 5.32 Å². The molecule has 4 atom stereocenters. The van der Waals surface area contributed by atoms with Crippen LogP contribution in [0.1, 0.15) is 53.5 Å². The summed E-state index contributed by atoms with van der Waals surface area (Å²) in [5, 5.41) is 12.0. The monoisotopic (exact) mass is 853 g/mol. The van der Waals surface area contributed by atoms with Crippen LogP contribution in [0, 0.1) is 0 Å². The Morgan fingerprint density at radius 3 is 1.48 bits per heavy atom. The minimum absolute atomic E-state index is 0.0681. The number of hydrogen-bond donors (Lipinski definition) is 2. The van der Waals surface area contributed by atoms with E-state index in [9.17, 15) is 0 Å². The Morgan fingerprint density at radius 2 is 1.03 bits per heavy atom. The van der Waals surface area contributed by atoms with Crippen molar-refractivity contribution < 1.29 is 24.1 Å². The molecule has 2 aliphatic rings. The van der Waals surface area contributed by atoms with Gasteiger partial charge in [-0.3, -0.25) is 4.57 Å². The molecule has 2 aromatic heterocycles. The van der Waals surface area contributed by atoms with Gasteiger partial charge in [-0.25, -0.2) is 15.0 Å². The van der Waals surface area contributed by atoms with Crippen LogP contribution in [-0.2, 0) is 30.1 Å². The number of anilines is 1. The summed E-state index contributed by atoms with van der Waals surface area (Å²) in [5.74, 6) is 0.553. The zero-order chi connectivity index (χ0) is 43.2. The highest BCUT2D eigenvalue weighted by Crippen LogP contribution is 2.45. The largest absolute Gasteiger partial charge is 0.446 e. The fourth-order valence-corrected chi connectivity index (χ4v) is 8.87. The summed E-state index contributed by atoms with van der Waals surface area (Å²) in [6.45, 7) is 3.60. The molecule has 8 aromatic rings. The van der Waals surface area contributed by atoms with Gasteiger partial charge in [0.25, 0.3) is 0 Å². The number of nitrogens with zero attached hydrogens (tertiary/aromatic N) is 4. The summed E-state index contributed by atoms with van der Waals surface area (Å²) < 4.78 is 28.3. The Kier molecular flexibility index (Phi) is 12.1. The number of nitrogens with one attached hydrogen (secondary N) is 1. The van der Waals surface area contributed by atoms with E-state index in [4.69, 9.17) is 51.2 Å². The molecule has 0 bridgehead atoms. The number of hydrogen-bond acceptors (Lipinski definition) is 10. The van der Waals surface area contributed by atoms with Crippen LogP contribution in [-0.4, -0.2) is 60.9 Å². The van der Waals surface area contributed by atoms with E-state index < -0.39 is 35.7 Å². The standard InChI is InChI=1S/C49H39N5O4S.C3H8O/c59-47-57-42-40(31-55-49(37-25-13-4-14-26-37,38-27-15-5-16-28-38)39-29-17-6-18-30-39)56-46(43(42)58-47)54-33-52-41-44(50-32-51-45(41)54)53-48(34-19-7-1-8-20-34,35-21-9-2-10-22-35)36-23-11-3-12-24-36;1-3(2)4/h1-30,32-33,40,42-43,46H,31H2,(H,50,51,53);3-4H,1-2H3. The number of imidazole rings is 1. The van der Waals surface area contributed by atoms with Crippen molar-refractivity contribution in [1.82, 2.24) is 19.5 Å². The summed E-state index contributed by atoms with van der Waals surface area (Å²) in [7, 11) is 0. The molecule has 4 heterocycles. The van der Waals surface area contributed by atoms with Gasteiger partial charge in [0.15, 0.2) is 35.4 Å². The Balaban J connectivity index is 0.00000121. The highest BCUT2D eigenvalue weighted by molar-refractivity contribution is 7.79. The second kappa shape index (κ2) is 18.3. The highest BCUT2D eigenvalue weighted by Gasteiger charge is 2.55. The normalized spacial score (nSPS) is 18.3. The van der Waals surface area contributed by atoms with E-state index in [-0.39, 0.29) is 17.9 Å². The average Bonchev–Trinajstić information content (AvgIpc) is 4.04. The van der Waals surface area contributed by atoms with Crippen molar-refractivity contribution in [3.63, 3.8) is 0 Å². The number of benzene rings is 6. The van der Waals surface area contributed by atoms with Crippen LogP contribution in [0.2, 0.25) is 0 Å². The van der Waals surface area contributed by atoms with Gasteiger partial charge in [-0.05, 0) is 47.2 Å². The van der Waals surface area contributed by atoms with Crippen molar-refractivity contribution in [3.8, 4) is 0 Å². The third-order valence-electron chi connectivity index (χ3n) is 11.3. The fourth-order valence-electron chi connectivity index (χ4n) is 8.65. The lowest BCUT2D eigenvalue weighted by atomic mass is 9.77. The maximum absolute atomic E-state index is 8.06. The molecule has 6 aromatic carbocycles. The maximum atomic E-state index is 8.06. The number of aliphatic hydroxyl groups is 1. The topological polar surface area (TPSA) is 113 Å². The molecule has 0 radical (unpaired) electrons. The van der Waals surface area contributed by atoms with Crippen molar-refractivity contribution >= 4 is 34.4 Å². The third-order valence-corrected chi connectivity index (χ3v) is 11.5. The molecule has 2 aliphatic heterocycles. The smallest absolute Gasteiger partial charge is 0.353 e. The van der Waals surface area contributed by atoms with E-state index in [1.807, 2.05) is 114 Å². The van der Waals surface area contributed by atoms with Gasteiger partial charge in [0, 0.05) is 18.3 Å². The molecular formula is C52H47N5O5S. The van der Waals surface area contributed by atoms with Crippen LogP contribution in [0.25, 0.3) is 11.2 Å². The second-order valence-electron chi connectivity index (χ2n) is 15.7. The van der Waals surface area contributed by atoms with Crippen molar-refractivity contribution in [3.05, 3.63) is 228 Å². The Bertz CT molecular complexity index is 2530. The number of aromatic nitrogens is 4. The zero-order valence-corrected chi connectivity index (χ0v) is 35.7. The molecule has 11 heteroatoms. The van der Waals surface area contributed by atoms with E-state index in [0.717, 1.165) is 33.4 Å². The Labute approximate surface area is 372 Å². The summed E-state index contributed by atoms with van der Waals surface area (Å²) in [5.41, 5.74) is 5.40. The minimum atomic E-state index is -0.959. The Hall–Kier alpha value is -6.76. The molecule has 0 saturated carbocycles. The van der Waals surface area contributed by atoms with Crippen LogP contribution in [0.5, 0.6) is 0 Å². The highest BCUT2D eigenvalue weighted by atomic mass is 32.1. The summed E-state index contributed by atoms with van der Waals surface area (Å²) in [4.78, 5) is 14.5. The lowest BCUT2D eigenvalue weighted by Gasteiger charge is -2.37. The molecule has 0 spiro atoms. The van der Waals surface area contributed by atoms with Gasteiger partial charge in [0.05, 0.1) is 12.9 Å². The van der Waals surface area contributed by atoms with Gasteiger partial charge in [0.1, 0.15) is 23.6 Å². The number of aliphatic hydroxyl groups excluding tert-OH is 1. The predicted molar refractivity (Wildman–Crippen MR) is 247 cm³/mol. The van der Waals surface area contributed by atoms with Crippen LogP contribution >= 0.6 is 12.2 Å². The Morgan fingerprint density at radius 1 is 0.619 bits per heavy atom. The van der Waals surface area contributed by atoms with Crippen LogP contribution in [0.4, 0.5) is 5.82 Å². The van der Waals surface area contributed by atoms with Crippen LogP contribution in [0.15, 0.2) is 195 Å². The quantitative estimate of drug-likeness (QED) is 0.0911. The molecule has 10 rings (SSSR count). The van der Waals surface area contributed by atoms with Crippen molar-refractivity contribution in [1.29, 1.82) is 0 Å². The van der Waals surface area contributed by atoms with Crippen molar-refractivity contribution in [2.75, 3.05) is 11.9 Å². The van der Waals surface area contributed by atoms with Gasteiger partial charge in [-0.15, -0.1) is 0 Å². The first-order valence-electron chi connectivity index (χ1n) is 21.0. The number of rotatable bonds is 12. The van der Waals surface area contributed by atoms with E-state index in [0.29, 0.717) is 17.0 Å². The summed E-state index contributed by atoms with van der Waals surface area (Å²) in [6, 6.07) is 61.9. The summed E-state index contributed by atoms with van der Waals surface area (Å²) in [6.07, 6.45) is 0.704. The predicted octanol–water partition coefficient (Wildman–Crippen LogP) is 9.59. The SMILES string of the molecule is CC(C)O.S=C1OC2C(COC(c3ccccc3)(c3ccccc3)c3ccccc3)OC(n3cnc4c(NC(c5ccccc5)(c5ccccc5)c5ccccc5)ncnc43)C2O1. The van der Waals surface area contributed by atoms with Gasteiger partial charge in [-0.2, -0.15) is 0 Å². The first-order chi connectivity index (χ1) is 30.9. The van der Waals surface area contributed by atoms with Gasteiger partial charge in [-0.1, -0.05) is 182 Å². The minimum Gasteiger partial charge on any atom is -0.446 e. The van der Waals surface area contributed by atoms with Crippen molar-refractivity contribution in [2.24, 2.45) is 0 Å². The van der Waals surface area contributed by atoms with Crippen molar-refractivity contribution in [2.45, 2.75) is 55.6 Å². The van der Waals surface area contributed by atoms with E-state index in [1.54, 1.807) is 26.5 Å². The second-order valence-corrected chi connectivity index (χ2v) is 16.0. The molecule has 0 aliphatic carbocycles.